The molecular weight excluding hydrogens is 297 g/mol. The first-order chi connectivity index (χ1) is 7.41. The van der Waals surface area contributed by atoms with E-state index < -0.39 is 18.1 Å². The zero-order chi connectivity index (χ0) is 12.3. The van der Waals surface area contributed by atoms with Crippen LogP contribution in [0.5, 0.6) is 0 Å². The predicted molar refractivity (Wildman–Crippen MR) is 63.9 cm³/mol. The van der Waals surface area contributed by atoms with Crippen LogP contribution in [0.4, 0.5) is 0 Å². The van der Waals surface area contributed by atoms with Gasteiger partial charge in [-0.25, -0.2) is 0 Å². The largest absolute Gasteiger partial charge is 0.390 e. The molecule has 0 aliphatic heterocycles. The Kier molecular flexibility index (Phi) is 4.73. The van der Waals surface area contributed by atoms with Crippen molar-refractivity contribution in [2.24, 2.45) is 5.73 Å². The van der Waals surface area contributed by atoms with Crippen LogP contribution in [0.2, 0.25) is 5.02 Å². The van der Waals surface area contributed by atoms with E-state index in [0.717, 1.165) is 4.47 Å². The maximum atomic E-state index is 10.6. The molecule has 0 aliphatic carbocycles. The Hall–Kier alpha value is -0.620. The summed E-state index contributed by atoms with van der Waals surface area (Å²) in [7, 11) is 0. The molecule has 1 amide bonds. The molecular formula is C10H11BrClNO3. The summed E-state index contributed by atoms with van der Waals surface area (Å²) in [5.41, 5.74) is 5.28. The predicted octanol–water partition coefficient (Wildman–Crippen LogP) is 1.37. The smallest absolute Gasteiger partial charge is 0.220 e. The minimum atomic E-state index is -1.26. The molecule has 4 nitrogen and oxygen atoms in total. The van der Waals surface area contributed by atoms with Gasteiger partial charge in [0, 0.05) is 15.1 Å². The minimum Gasteiger partial charge on any atom is -0.390 e. The summed E-state index contributed by atoms with van der Waals surface area (Å²) in [5.74, 6) is -0.683. The molecule has 0 saturated heterocycles. The standard InChI is InChI=1S/C10H11BrClNO3/c11-5-1-2-7(12)6(3-5)10(16)8(14)4-9(13)15/h1-3,8,10,14,16H,4H2,(H2,13,15). The molecule has 2 atom stereocenters. The number of carbonyl (C=O) groups is 1. The van der Waals surface area contributed by atoms with E-state index in [0.29, 0.717) is 10.6 Å². The van der Waals surface area contributed by atoms with Crippen molar-refractivity contribution in [3.05, 3.63) is 33.3 Å². The minimum absolute atomic E-state index is 0.315. The maximum Gasteiger partial charge on any atom is 0.220 e. The number of hydrogen-bond donors (Lipinski definition) is 3. The first-order valence-electron chi connectivity index (χ1n) is 4.51. The number of hydrogen-bond acceptors (Lipinski definition) is 3. The zero-order valence-electron chi connectivity index (χ0n) is 8.23. The van der Waals surface area contributed by atoms with Gasteiger partial charge in [-0.2, -0.15) is 0 Å². The Balaban J connectivity index is 2.90. The van der Waals surface area contributed by atoms with Crippen LogP contribution in [-0.4, -0.2) is 22.2 Å². The lowest BCUT2D eigenvalue weighted by Crippen LogP contribution is -2.25. The number of benzene rings is 1. The third-order valence-corrected chi connectivity index (χ3v) is 2.89. The summed E-state index contributed by atoms with van der Waals surface area (Å²) in [4.78, 5) is 10.6. The molecule has 0 spiro atoms. The van der Waals surface area contributed by atoms with Crippen molar-refractivity contribution < 1.29 is 15.0 Å². The van der Waals surface area contributed by atoms with E-state index >= 15 is 0 Å². The molecule has 1 aromatic rings. The van der Waals surface area contributed by atoms with Gasteiger partial charge in [0.25, 0.3) is 0 Å². The van der Waals surface area contributed by atoms with E-state index in [1.807, 2.05) is 0 Å². The first kappa shape index (κ1) is 13.4. The van der Waals surface area contributed by atoms with Crippen LogP contribution in [0.15, 0.2) is 22.7 Å². The molecule has 0 fully saturated rings. The molecule has 1 aromatic carbocycles. The Morgan fingerprint density at radius 3 is 2.69 bits per heavy atom. The van der Waals surface area contributed by atoms with Gasteiger partial charge < -0.3 is 15.9 Å². The molecule has 0 aliphatic rings. The summed E-state index contributed by atoms with van der Waals surface area (Å²) in [6.07, 6.45) is -2.81. The summed E-state index contributed by atoms with van der Waals surface area (Å²) in [5, 5.41) is 19.6. The molecule has 0 saturated carbocycles. The molecule has 1 rings (SSSR count). The summed E-state index contributed by atoms with van der Waals surface area (Å²) in [6.45, 7) is 0. The number of aliphatic hydroxyl groups excluding tert-OH is 2. The van der Waals surface area contributed by atoms with Crippen molar-refractivity contribution in [2.45, 2.75) is 18.6 Å². The average Bonchev–Trinajstić information content (AvgIpc) is 2.19. The number of halogens is 2. The highest BCUT2D eigenvalue weighted by Crippen LogP contribution is 2.29. The number of nitrogens with two attached hydrogens (primary N) is 1. The van der Waals surface area contributed by atoms with Gasteiger partial charge in [-0.1, -0.05) is 27.5 Å². The molecule has 0 heterocycles. The average molecular weight is 309 g/mol. The van der Waals surface area contributed by atoms with Gasteiger partial charge >= 0.3 is 0 Å². The van der Waals surface area contributed by atoms with Gasteiger partial charge in [-0.15, -0.1) is 0 Å². The Bertz CT molecular complexity index is 400. The Labute approximate surface area is 106 Å². The van der Waals surface area contributed by atoms with Gasteiger partial charge in [0.1, 0.15) is 6.10 Å². The van der Waals surface area contributed by atoms with Gasteiger partial charge in [0.2, 0.25) is 5.91 Å². The topological polar surface area (TPSA) is 83.6 Å². The van der Waals surface area contributed by atoms with Crippen molar-refractivity contribution in [1.29, 1.82) is 0 Å². The van der Waals surface area contributed by atoms with E-state index in [1.54, 1.807) is 18.2 Å². The van der Waals surface area contributed by atoms with E-state index in [1.165, 1.54) is 0 Å². The lowest BCUT2D eigenvalue weighted by Gasteiger charge is -2.18. The lowest BCUT2D eigenvalue weighted by atomic mass is 10.0. The van der Waals surface area contributed by atoms with E-state index in [9.17, 15) is 15.0 Å². The van der Waals surface area contributed by atoms with E-state index in [4.69, 9.17) is 17.3 Å². The number of aliphatic hydroxyl groups is 2. The van der Waals surface area contributed by atoms with Crippen molar-refractivity contribution >= 4 is 33.4 Å². The van der Waals surface area contributed by atoms with Gasteiger partial charge in [-0.05, 0) is 18.2 Å². The maximum absolute atomic E-state index is 10.6. The van der Waals surface area contributed by atoms with Crippen LogP contribution in [-0.2, 0) is 4.79 Å². The third kappa shape index (κ3) is 3.45. The monoisotopic (exact) mass is 307 g/mol. The van der Waals surface area contributed by atoms with Crippen LogP contribution in [0.3, 0.4) is 0 Å². The van der Waals surface area contributed by atoms with Crippen molar-refractivity contribution in [1.82, 2.24) is 0 Å². The van der Waals surface area contributed by atoms with Crippen LogP contribution in [0.1, 0.15) is 18.1 Å². The second-order valence-corrected chi connectivity index (χ2v) is 4.67. The fourth-order valence-corrected chi connectivity index (χ4v) is 1.87. The molecule has 2 unspecified atom stereocenters. The zero-order valence-corrected chi connectivity index (χ0v) is 10.6. The number of carbonyl (C=O) groups excluding carboxylic acids is 1. The Morgan fingerprint density at radius 2 is 2.12 bits per heavy atom. The second-order valence-electron chi connectivity index (χ2n) is 3.35. The molecule has 4 N–H and O–H groups in total. The highest BCUT2D eigenvalue weighted by atomic mass is 79.9. The lowest BCUT2D eigenvalue weighted by molar-refractivity contribution is -0.121. The number of primary amides is 1. The molecule has 0 radical (unpaired) electrons. The molecule has 88 valence electrons. The third-order valence-electron chi connectivity index (χ3n) is 2.05. The molecule has 16 heavy (non-hydrogen) atoms. The normalized spacial score (nSPS) is 14.5. The number of amides is 1. The molecule has 0 aromatic heterocycles. The van der Waals surface area contributed by atoms with Crippen molar-refractivity contribution in [3.63, 3.8) is 0 Å². The summed E-state index contributed by atoms with van der Waals surface area (Å²) >= 11 is 9.09. The van der Waals surface area contributed by atoms with Gasteiger partial charge in [0.15, 0.2) is 0 Å². The first-order valence-corrected chi connectivity index (χ1v) is 5.68. The number of rotatable bonds is 4. The van der Waals surface area contributed by atoms with E-state index in [2.05, 4.69) is 15.9 Å². The highest BCUT2D eigenvalue weighted by molar-refractivity contribution is 9.10. The van der Waals surface area contributed by atoms with Crippen molar-refractivity contribution in [2.75, 3.05) is 0 Å². The van der Waals surface area contributed by atoms with Crippen LogP contribution in [0.25, 0.3) is 0 Å². The van der Waals surface area contributed by atoms with Crippen molar-refractivity contribution in [3.8, 4) is 0 Å². The van der Waals surface area contributed by atoms with Crippen LogP contribution >= 0.6 is 27.5 Å². The SMILES string of the molecule is NC(=O)CC(O)C(O)c1cc(Br)ccc1Cl. The van der Waals surface area contributed by atoms with Crippen LogP contribution in [0, 0.1) is 0 Å². The Morgan fingerprint density at radius 1 is 1.50 bits per heavy atom. The fourth-order valence-electron chi connectivity index (χ4n) is 1.27. The molecule has 0 bridgehead atoms. The van der Waals surface area contributed by atoms with Gasteiger partial charge in [-0.3, -0.25) is 4.79 Å². The second kappa shape index (κ2) is 5.63. The van der Waals surface area contributed by atoms with Crippen LogP contribution < -0.4 is 5.73 Å². The fraction of sp³-hybridized carbons (Fsp3) is 0.300. The van der Waals surface area contributed by atoms with Gasteiger partial charge in [0.05, 0.1) is 12.5 Å². The quantitative estimate of drug-likeness (QED) is 0.785. The highest BCUT2D eigenvalue weighted by Gasteiger charge is 2.22. The summed E-state index contributed by atoms with van der Waals surface area (Å²) < 4.78 is 0.720. The molecule has 6 heteroatoms. The van der Waals surface area contributed by atoms with E-state index in [-0.39, 0.29) is 6.42 Å². The summed E-state index contributed by atoms with van der Waals surface area (Å²) in [6, 6.07) is 4.87.